The third-order valence-corrected chi connectivity index (χ3v) is 6.24. The molecule has 6 nitrogen and oxygen atoms in total. The van der Waals surface area contributed by atoms with Gasteiger partial charge in [0.25, 0.3) is 0 Å². The zero-order chi connectivity index (χ0) is 22.5. The van der Waals surface area contributed by atoms with Crippen molar-refractivity contribution in [3.05, 3.63) is 71.5 Å². The van der Waals surface area contributed by atoms with Crippen molar-refractivity contribution < 1.29 is 13.6 Å². The van der Waals surface area contributed by atoms with E-state index in [-0.39, 0.29) is 22.5 Å². The molecule has 1 aliphatic rings. The van der Waals surface area contributed by atoms with Crippen molar-refractivity contribution >= 4 is 46.5 Å². The number of hydrogen-bond acceptors (Lipinski definition) is 6. The smallest absolute Gasteiger partial charge is 0.234 e. The van der Waals surface area contributed by atoms with Gasteiger partial charge in [0.15, 0.2) is 5.82 Å². The van der Waals surface area contributed by atoms with Gasteiger partial charge in [0.1, 0.15) is 16.7 Å². The van der Waals surface area contributed by atoms with Crippen LogP contribution >= 0.6 is 23.4 Å². The Bertz CT molecular complexity index is 1090. The molecule has 0 spiro atoms. The van der Waals surface area contributed by atoms with Crippen LogP contribution in [0.2, 0.25) is 5.02 Å². The molecule has 32 heavy (non-hydrogen) atoms. The fourth-order valence-electron chi connectivity index (χ4n) is 3.38. The van der Waals surface area contributed by atoms with Crippen molar-refractivity contribution in [1.82, 2.24) is 9.97 Å². The average molecular weight is 476 g/mol. The number of carbonyl (C=O) groups is 1. The van der Waals surface area contributed by atoms with Crippen LogP contribution in [0.15, 0.2) is 59.9 Å². The summed E-state index contributed by atoms with van der Waals surface area (Å²) < 4.78 is 26.3. The Morgan fingerprint density at radius 2 is 1.62 bits per heavy atom. The topological polar surface area (TPSA) is 61.4 Å². The minimum atomic E-state index is -0.467. The predicted molar refractivity (Wildman–Crippen MR) is 124 cm³/mol. The lowest BCUT2D eigenvalue weighted by atomic mass is 10.2. The average Bonchev–Trinajstić information content (AvgIpc) is 2.80. The van der Waals surface area contributed by atoms with Crippen LogP contribution in [0.4, 0.5) is 26.0 Å². The third kappa shape index (κ3) is 5.46. The molecule has 0 radical (unpaired) electrons. The normalized spacial score (nSPS) is 13.8. The Morgan fingerprint density at radius 3 is 2.34 bits per heavy atom. The summed E-state index contributed by atoms with van der Waals surface area (Å²) in [4.78, 5) is 25.6. The van der Waals surface area contributed by atoms with E-state index < -0.39 is 5.82 Å². The van der Waals surface area contributed by atoms with Gasteiger partial charge in [-0.15, -0.1) is 0 Å². The molecule has 1 aliphatic heterocycles. The van der Waals surface area contributed by atoms with Crippen molar-refractivity contribution in [2.45, 2.75) is 5.03 Å². The summed E-state index contributed by atoms with van der Waals surface area (Å²) in [5.41, 5.74) is 1.34. The van der Waals surface area contributed by atoms with Gasteiger partial charge in [-0.3, -0.25) is 4.79 Å². The molecular weight excluding hydrogens is 456 g/mol. The van der Waals surface area contributed by atoms with E-state index in [2.05, 4.69) is 25.1 Å². The molecule has 0 bridgehead atoms. The van der Waals surface area contributed by atoms with Gasteiger partial charge in [-0.1, -0.05) is 23.4 Å². The molecule has 1 fully saturated rings. The van der Waals surface area contributed by atoms with E-state index in [1.165, 1.54) is 36.0 Å². The molecule has 3 aromatic rings. The molecule has 0 atom stereocenters. The second-order valence-electron chi connectivity index (χ2n) is 7.10. The first-order chi connectivity index (χ1) is 15.5. The van der Waals surface area contributed by atoms with E-state index in [1.807, 2.05) is 0 Å². The summed E-state index contributed by atoms with van der Waals surface area (Å²) in [6.45, 7) is 2.97. The van der Waals surface area contributed by atoms with Gasteiger partial charge in [-0.05, 0) is 42.5 Å². The standard InChI is InChI=1S/C22H20ClF2N5OS/c23-18-13-16(25)3-6-19(18)28-20(31)14-32-22-21(26-7-8-27-22)30-11-9-29(10-12-30)17-4-1-15(24)2-5-17/h1-8,13H,9-12,14H2,(H,28,31). The van der Waals surface area contributed by atoms with E-state index in [1.54, 1.807) is 24.5 Å². The maximum absolute atomic E-state index is 13.2. The fourth-order valence-corrected chi connectivity index (χ4v) is 4.38. The molecule has 2 aromatic carbocycles. The van der Waals surface area contributed by atoms with Gasteiger partial charge in [-0.25, -0.2) is 18.7 Å². The van der Waals surface area contributed by atoms with Crippen LogP contribution in [0.1, 0.15) is 0 Å². The number of anilines is 3. The predicted octanol–water partition coefficient (Wildman–Crippen LogP) is 4.47. The molecule has 1 saturated heterocycles. The monoisotopic (exact) mass is 475 g/mol. The molecule has 1 N–H and O–H groups in total. The lowest BCUT2D eigenvalue weighted by molar-refractivity contribution is -0.113. The second-order valence-corrected chi connectivity index (χ2v) is 8.47. The minimum absolute atomic E-state index is 0.106. The van der Waals surface area contributed by atoms with Crippen molar-refractivity contribution in [2.24, 2.45) is 0 Å². The molecule has 2 heterocycles. The van der Waals surface area contributed by atoms with Gasteiger partial charge in [0.05, 0.1) is 16.5 Å². The van der Waals surface area contributed by atoms with Crippen LogP contribution < -0.4 is 15.1 Å². The van der Waals surface area contributed by atoms with Crippen molar-refractivity contribution in [3.63, 3.8) is 0 Å². The number of piperazine rings is 1. The number of aromatic nitrogens is 2. The molecule has 0 saturated carbocycles. The van der Waals surface area contributed by atoms with Crippen molar-refractivity contribution in [1.29, 1.82) is 0 Å². The van der Waals surface area contributed by atoms with E-state index in [9.17, 15) is 13.6 Å². The molecule has 0 aliphatic carbocycles. The number of nitrogens with zero attached hydrogens (tertiary/aromatic N) is 4. The molecular formula is C22H20ClF2N5OS. The summed E-state index contributed by atoms with van der Waals surface area (Å²) in [5.74, 6) is -0.162. The first-order valence-corrected chi connectivity index (χ1v) is 11.3. The third-order valence-electron chi connectivity index (χ3n) is 4.96. The molecule has 166 valence electrons. The van der Waals surface area contributed by atoms with Crippen LogP contribution in [0.25, 0.3) is 0 Å². The van der Waals surface area contributed by atoms with E-state index >= 15 is 0 Å². The number of halogens is 3. The summed E-state index contributed by atoms with van der Waals surface area (Å²) in [6, 6.07) is 10.3. The summed E-state index contributed by atoms with van der Waals surface area (Å²) >= 11 is 7.24. The quantitative estimate of drug-likeness (QED) is 0.531. The molecule has 1 aromatic heterocycles. The first-order valence-electron chi connectivity index (χ1n) is 9.94. The molecule has 0 unspecified atom stereocenters. The van der Waals surface area contributed by atoms with Crippen LogP contribution in [0.3, 0.4) is 0 Å². The van der Waals surface area contributed by atoms with Crippen molar-refractivity contribution in [3.8, 4) is 0 Å². The number of nitrogens with one attached hydrogen (secondary N) is 1. The minimum Gasteiger partial charge on any atom is -0.368 e. The van der Waals surface area contributed by atoms with E-state index in [0.717, 1.165) is 43.8 Å². The van der Waals surface area contributed by atoms with Gasteiger partial charge in [0.2, 0.25) is 5.91 Å². The van der Waals surface area contributed by atoms with Gasteiger partial charge in [-0.2, -0.15) is 0 Å². The zero-order valence-corrected chi connectivity index (χ0v) is 18.5. The van der Waals surface area contributed by atoms with Crippen LogP contribution in [-0.2, 0) is 4.79 Å². The summed E-state index contributed by atoms with van der Waals surface area (Å²) in [6.07, 6.45) is 3.22. The molecule has 10 heteroatoms. The van der Waals surface area contributed by atoms with Gasteiger partial charge < -0.3 is 15.1 Å². The highest BCUT2D eigenvalue weighted by Crippen LogP contribution is 2.28. The maximum atomic E-state index is 13.2. The van der Waals surface area contributed by atoms with E-state index in [0.29, 0.717) is 10.7 Å². The van der Waals surface area contributed by atoms with Crippen LogP contribution in [0, 0.1) is 11.6 Å². The Hall–Kier alpha value is -2.91. The fraction of sp³-hybridized carbons (Fsp3) is 0.227. The number of rotatable bonds is 6. The Balaban J connectivity index is 1.36. The SMILES string of the molecule is O=C(CSc1nccnc1N1CCN(c2ccc(F)cc2)CC1)Nc1ccc(F)cc1Cl. The lowest BCUT2D eigenvalue weighted by Crippen LogP contribution is -2.47. The van der Waals surface area contributed by atoms with E-state index in [4.69, 9.17) is 11.6 Å². The number of benzene rings is 2. The van der Waals surface area contributed by atoms with Gasteiger partial charge in [0, 0.05) is 44.3 Å². The number of hydrogen-bond donors (Lipinski definition) is 1. The first kappa shape index (κ1) is 22.3. The lowest BCUT2D eigenvalue weighted by Gasteiger charge is -2.37. The number of thioether (sulfide) groups is 1. The van der Waals surface area contributed by atoms with Gasteiger partial charge >= 0.3 is 0 Å². The summed E-state index contributed by atoms with van der Waals surface area (Å²) in [7, 11) is 0. The Kier molecular flexibility index (Phi) is 7.06. The highest BCUT2D eigenvalue weighted by molar-refractivity contribution is 8.00. The van der Waals surface area contributed by atoms with Crippen LogP contribution in [0.5, 0.6) is 0 Å². The maximum Gasteiger partial charge on any atom is 0.234 e. The largest absolute Gasteiger partial charge is 0.368 e. The highest BCUT2D eigenvalue weighted by atomic mass is 35.5. The Morgan fingerprint density at radius 1 is 0.969 bits per heavy atom. The highest BCUT2D eigenvalue weighted by Gasteiger charge is 2.22. The molecule has 4 rings (SSSR count). The number of amides is 1. The van der Waals surface area contributed by atoms with Crippen molar-refractivity contribution in [2.75, 3.05) is 47.0 Å². The molecule has 1 amide bonds. The van der Waals surface area contributed by atoms with Crippen LogP contribution in [-0.4, -0.2) is 47.8 Å². The number of carbonyl (C=O) groups excluding carboxylic acids is 1. The summed E-state index contributed by atoms with van der Waals surface area (Å²) in [5, 5.41) is 3.48. The Labute approximate surface area is 193 Å². The zero-order valence-electron chi connectivity index (χ0n) is 17.0. The second kappa shape index (κ2) is 10.1.